The van der Waals surface area contributed by atoms with Crippen molar-refractivity contribution in [3.8, 4) is 6.07 Å². The Balaban J connectivity index is 1.43. The maximum Gasteiger partial charge on any atom is 0.268 e. The van der Waals surface area contributed by atoms with Crippen molar-refractivity contribution in [3.05, 3.63) is 35.0 Å². The third-order valence-electron chi connectivity index (χ3n) is 6.32. The van der Waals surface area contributed by atoms with Gasteiger partial charge in [-0.1, -0.05) is 36.6 Å². The first-order chi connectivity index (χ1) is 15.6. The van der Waals surface area contributed by atoms with Gasteiger partial charge in [0.25, 0.3) is 5.91 Å². The molecule has 1 saturated carbocycles. The van der Waals surface area contributed by atoms with Crippen LogP contribution in [0.1, 0.15) is 56.4 Å². The van der Waals surface area contributed by atoms with Gasteiger partial charge in [-0.15, -0.1) is 0 Å². The molecule has 0 bridgehead atoms. The van der Waals surface area contributed by atoms with Crippen LogP contribution in [0.5, 0.6) is 0 Å². The molecule has 3 amide bonds. The molecule has 1 aliphatic heterocycles. The summed E-state index contributed by atoms with van der Waals surface area (Å²) < 4.78 is 0. The largest absolute Gasteiger partial charge is 0.351 e. The number of halogens is 1. The summed E-state index contributed by atoms with van der Waals surface area (Å²) in [5, 5.41) is 19.4. The zero-order valence-electron chi connectivity index (χ0n) is 18.7. The van der Waals surface area contributed by atoms with Crippen molar-refractivity contribution in [3.63, 3.8) is 0 Å². The van der Waals surface area contributed by atoms with Crippen molar-refractivity contribution in [2.75, 3.05) is 0 Å². The van der Waals surface area contributed by atoms with Crippen LogP contribution in [0.25, 0.3) is 10.9 Å². The second-order valence-corrected chi connectivity index (χ2v) is 10.2. The average molecular weight is 470 g/mol. The molecule has 2 fully saturated rings. The van der Waals surface area contributed by atoms with Gasteiger partial charge in [0, 0.05) is 16.8 Å². The second kappa shape index (κ2) is 9.06. The molecule has 2 aliphatic rings. The fourth-order valence-corrected chi connectivity index (χ4v) is 4.71. The molecule has 1 unspecified atom stereocenters. The number of nitrogens with one attached hydrogen (secondary N) is 4. The summed E-state index contributed by atoms with van der Waals surface area (Å²) in [4.78, 5) is 41.2. The lowest BCUT2D eigenvalue weighted by Gasteiger charge is -2.21. The highest BCUT2D eigenvalue weighted by molar-refractivity contribution is 6.35. The SMILES string of the molecule is CC1(C)CC(C[C@@H](C#N)NC(=O)[C@H](CC2CC2)NC(=O)c2cc3cccc(Cl)c3[nH]2)C(=O)N1. The number of hydrogen-bond donors (Lipinski definition) is 4. The molecule has 174 valence electrons. The quantitative estimate of drug-likeness (QED) is 0.473. The number of hydrogen-bond acceptors (Lipinski definition) is 4. The normalized spacial score (nSPS) is 21.2. The minimum absolute atomic E-state index is 0.102. The van der Waals surface area contributed by atoms with Gasteiger partial charge in [0.2, 0.25) is 11.8 Å². The molecule has 0 radical (unpaired) electrons. The van der Waals surface area contributed by atoms with E-state index in [9.17, 15) is 19.6 Å². The highest BCUT2D eigenvalue weighted by Crippen LogP contribution is 2.34. The summed E-state index contributed by atoms with van der Waals surface area (Å²) in [5.74, 6) is -0.880. The third kappa shape index (κ3) is 5.48. The first-order valence-corrected chi connectivity index (χ1v) is 11.6. The van der Waals surface area contributed by atoms with E-state index in [-0.39, 0.29) is 23.8 Å². The number of aromatic nitrogens is 1. The Bertz CT molecular complexity index is 1130. The molecule has 8 nitrogen and oxygen atoms in total. The fourth-order valence-electron chi connectivity index (χ4n) is 4.48. The standard InChI is InChI=1S/C24H28ClN5O3/c1-24(2)11-15(21(31)30-24)9-16(12-26)27-22(32)18(8-13-6-7-13)29-23(33)19-10-14-4-3-5-17(25)20(14)28-19/h3-5,10,13,15-16,18,28H,6-9,11H2,1-2H3,(H,27,32)(H,29,33)(H,30,31)/t15?,16-,18-/m0/s1. The number of benzene rings is 1. The van der Waals surface area contributed by atoms with Gasteiger partial charge in [0.1, 0.15) is 17.8 Å². The Kier molecular flexibility index (Phi) is 6.35. The molecule has 4 rings (SSSR count). The summed E-state index contributed by atoms with van der Waals surface area (Å²) >= 11 is 6.19. The first-order valence-electron chi connectivity index (χ1n) is 11.3. The van der Waals surface area contributed by atoms with E-state index in [1.807, 2.05) is 19.9 Å². The predicted molar refractivity (Wildman–Crippen MR) is 124 cm³/mol. The molecule has 4 N–H and O–H groups in total. The van der Waals surface area contributed by atoms with Crippen molar-refractivity contribution in [1.29, 1.82) is 5.26 Å². The molecule has 3 atom stereocenters. The van der Waals surface area contributed by atoms with E-state index in [1.54, 1.807) is 18.2 Å². The highest BCUT2D eigenvalue weighted by Gasteiger charge is 2.39. The van der Waals surface area contributed by atoms with Gasteiger partial charge < -0.3 is 20.9 Å². The van der Waals surface area contributed by atoms with Crippen LogP contribution >= 0.6 is 11.6 Å². The fraction of sp³-hybridized carbons (Fsp3) is 0.500. The molecular formula is C24H28ClN5O3. The molecule has 0 spiro atoms. The summed E-state index contributed by atoms with van der Waals surface area (Å²) in [5.41, 5.74) is 0.653. The van der Waals surface area contributed by atoms with Crippen molar-refractivity contribution in [2.24, 2.45) is 11.8 Å². The van der Waals surface area contributed by atoms with Crippen LogP contribution in [0, 0.1) is 23.2 Å². The lowest BCUT2D eigenvalue weighted by Crippen LogP contribution is -2.50. The molecule has 1 aromatic heterocycles. The van der Waals surface area contributed by atoms with E-state index in [2.05, 4.69) is 27.0 Å². The number of carbonyl (C=O) groups excluding carboxylic acids is 3. The molecule has 1 aromatic carbocycles. The Morgan fingerprint density at radius 3 is 2.64 bits per heavy atom. The van der Waals surface area contributed by atoms with Gasteiger partial charge in [0.05, 0.1) is 16.6 Å². The van der Waals surface area contributed by atoms with Crippen molar-refractivity contribution >= 4 is 40.2 Å². The van der Waals surface area contributed by atoms with E-state index in [4.69, 9.17) is 11.6 Å². The average Bonchev–Trinajstić information content (AvgIpc) is 3.38. The number of amides is 3. The van der Waals surface area contributed by atoms with Crippen LogP contribution in [0.2, 0.25) is 5.02 Å². The van der Waals surface area contributed by atoms with Gasteiger partial charge in [-0.25, -0.2) is 0 Å². The molecule has 33 heavy (non-hydrogen) atoms. The molecule has 9 heteroatoms. The van der Waals surface area contributed by atoms with E-state index in [0.717, 1.165) is 18.2 Å². The smallest absolute Gasteiger partial charge is 0.268 e. The number of aromatic amines is 1. The van der Waals surface area contributed by atoms with Gasteiger partial charge in [-0.3, -0.25) is 14.4 Å². The molecule has 2 aromatic rings. The van der Waals surface area contributed by atoms with Gasteiger partial charge in [-0.05, 0) is 51.2 Å². The number of nitriles is 1. The number of carbonyl (C=O) groups is 3. The number of nitrogens with zero attached hydrogens (tertiary/aromatic N) is 1. The summed E-state index contributed by atoms with van der Waals surface area (Å²) in [6.45, 7) is 3.87. The van der Waals surface area contributed by atoms with Crippen molar-refractivity contribution < 1.29 is 14.4 Å². The van der Waals surface area contributed by atoms with Crippen molar-refractivity contribution in [2.45, 2.75) is 63.6 Å². The second-order valence-electron chi connectivity index (χ2n) is 9.79. The first kappa shape index (κ1) is 23.1. The molecular weight excluding hydrogens is 442 g/mol. The maximum atomic E-state index is 13.0. The van der Waals surface area contributed by atoms with Crippen molar-refractivity contribution in [1.82, 2.24) is 20.9 Å². The number of H-pyrrole nitrogens is 1. The number of para-hydroxylation sites is 1. The van der Waals surface area contributed by atoms with Gasteiger partial charge in [-0.2, -0.15) is 5.26 Å². The lowest BCUT2D eigenvalue weighted by molar-refractivity contribution is -0.125. The maximum absolute atomic E-state index is 13.0. The zero-order chi connectivity index (χ0) is 23.8. The van der Waals surface area contributed by atoms with Crippen LogP contribution in [0.3, 0.4) is 0 Å². The summed E-state index contributed by atoms with van der Waals surface area (Å²) in [6, 6.07) is 7.60. The molecule has 2 heterocycles. The Hall–Kier alpha value is -3.05. The summed E-state index contributed by atoms with van der Waals surface area (Å²) in [7, 11) is 0. The Morgan fingerprint density at radius 1 is 1.27 bits per heavy atom. The van der Waals surface area contributed by atoms with E-state index >= 15 is 0 Å². The van der Waals surface area contributed by atoms with Crippen LogP contribution in [-0.2, 0) is 9.59 Å². The minimum Gasteiger partial charge on any atom is -0.351 e. The monoisotopic (exact) mass is 469 g/mol. The Labute approximate surface area is 197 Å². The van der Waals surface area contributed by atoms with E-state index in [0.29, 0.717) is 35.0 Å². The number of rotatable bonds is 8. The van der Waals surface area contributed by atoms with Crippen LogP contribution < -0.4 is 16.0 Å². The minimum atomic E-state index is -0.812. The summed E-state index contributed by atoms with van der Waals surface area (Å²) in [6.07, 6.45) is 3.38. The highest BCUT2D eigenvalue weighted by atomic mass is 35.5. The number of fused-ring (bicyclic) bond motifs is 1. The van der Waals surface area contributed by atoms with E-state index < -0.39 is 23.9 Å². The molecule has 1 saturated heterocycles. The molecule has 1 aliphatic carbocycles. The Morgan fingerprint density at radius 2 is 2.03 bits per heavy atom. The third-order valence-corrected chi connectivity index (χ3v) is 6.63. The van der Waals surface area contributed by atoms with Crippen LogP contribution in [0.4, 0.5) is 0 Å². The zero-order valence-corrected chi connectivity index (χ0v) is 19.5. The van der Waals surface area contributed by atoms with Crippen LogP contribution in [0.15, 0.2) is 24.3 Å². The lowest BCUT2D eigenvalue weighted by atomic mass is 9.92. The van der Waals surface area contributed by atoms with Gasteiger partial charge in [0.15, 0.2) is 0 Å². The topological polar surface area (TPSA) is 127 Å². The van der Waals surface area contributed by atoms with Gasteiger partial charge >= 0.3 is 0 Å². The van der Waals surface area contributed by atoms with E-state index in [1.165, 1.54) is 0 Å². The van der Waals surface area contributed by atoms with Crippen LogP contribution in [-0.4, -0.2) is 40.3 Å². The predicted octanol–water partition coefficient (Wildman–Crippen LogP) is 3.03.